The summed E-state index contributed by atoms with van der Waals surface area (Å²) in [6.07, 6.45) is -0.150. The molecule has 0 heterocycles. The van der Waals surface area contributed by atoms with Crippen molar-refractivity contribution in [1.29, 1.82) is 0 Å². The average molecular weight is 223 g/mol. The van der Waals surface area contributed by atoms with E-state index in [9.17, 15) is 12.9 Å². The zero-order valence-electron chi connectivity index (χ0n) is 8.40. The van der Waals surface area contributed by atoms with E-state index in [4.69, 9.17) is 4.74 Å². The van der Waals surface area contributed by atoms with Crippen LogP contribution in [0.5, 0.6) is 0 Å². The van der Waals surface area contributed by atoms with Gasteiger partial charge in [0.15, 0.2) is 0 Å². The van der Waals surface area contributed by atoms with Crippen LogP contribution < -0.4 is 51.4 Å². The summed E-state index contributed by atoms with van der Waals surface area (Å²) >= 11 is 0. The van der Waals surface area contributed by atoms with Gasteiger partial charge < -0.3 is 22.6 Å². The summed E-state index contributed by atoms with van der Waals surface area (Å²) in [6.45, 7) is -3.75. The molecule has 0 atom stereocenters. The van der Waals surface area contributed by atoms with Gasteiger partial charge in [0.25, 0.3) is 0 Å². The summed E-state index contributed by atoms with van der Waals surface area (Å²) in [5.74, 6) is 0. The molecule has 0 radical (unpaired) electrons. The van der Waals surface area contributed by atoms with Gasteiger partial charge in [-0.3, -0.25) is 0 Å². The molecular weight excluding hydrogens is 209 g/mol. The Morgan fingerprint density at radius 3 is 2.23 bits per heavy atom. The molecule has 0 aliphatic rings. The molecule has 0 saturated carbocycles. The van der Waals surface area contributed by atoms with E-state index in [1.807, 2.05) is 0 Å². The number of halogens is 3. The van der Waals surface area contributed by atoms with Gasteiger partial charge in [0, 0.05) is 13.7 Å². The van der Waals surface area contributed by atoms with E-state index >= 15 is 0 Å². The van der Waals surface area contributed by atoms with Crippen LogP contribution in [0, 0.1) is 0 Å². The van der Waals surface area contributed by atoms with Crippen LogP contribution >= 0.6 is 0 Å². The first-order valence-corrected chi connectivity index (χ1v) is 3.84. The van der Waals surface area contributed by atoms with Crippen molar-refractivity contribution < 1.29 is 69.1 Å². The van der Waals surface area contributed by atoms with Crippen LogP contribution in [0.4, 0.5) is 12.9 Å². The third kappa shape index (κ3) is 13.4. The first-order chi connectivity index (χ1) is 5.45. The van der Waals surface area contributed by atoms with Crippen LogP contribution in [0.3, 0.4) is 0 Å². The maximum atomic E-state index is 11.8. The topological polar surface area (TPSA) is 12.5 Å². The molecule has 13 heavy (non-hydrogen) atoms. The third-order valence-electron chi connectivity index (χ3n) is 1.41. The number of hydrogen-bond acceptors (Lipinski definition) is 2. The molecule has 2 nitrogen and oxygen atoms in total. The van der Waals surface area contributed by atoms with Crippen molar-refractivity contribution in [1.82, 2.24) is 4.90 Å². The Labute approximate surface area is 120 Å². The first kappa shape index (κ1) is 16.8. The number of nitrogens with zero attached hydrogens (tertiary/aromatic N) is 1. The van der Waals surface area contributed by atoms with Crippen LogP contribution in [0.25, 0.3) is 0 Å². The Morgan fingerprint density at radius 1 is 1.31 bits per heavy atom. The van der Waals surface area contributed by atoms with Gasteiger partial charge in [-0.1, -0.05) is 0 Å². The zero-order chi connectivity index (χ0) is 9.61. The fourth-order valence-corrected chi connectivity index (χ4v) is 0.923. The van der Waals surface area contributed by atoms with Gasteiger partial charge in [0.05, 0.1) is 0 Å². The van der Waals surface area contributed by atoms with Crippen LogP contribution in [0.15, 0.2) is 0 Å². The standard InChI is InChI=1S/C6H14BF3NO.K/c1-11(4-3-5-12-2)6-7(8,9)10;/h3-6H2,1-2H3;/q-1;+1. The first-order valence-electron chi connectivity index (χ1n) is 3.84. The Balaban J connectivity index is 0. The normalized spacial score (nSPS) is 11.5. The van der Waals surface area contributed by atoms with Crippen molar-refractivity contribution in [2.24, 2.45) is 0 Å². The van der Waals surface area contributed by atoms with E-state index in [-0.39, 0.29) is 51.4 Å². The van der Waals surface area contributed by atoms with Gasteiger partial charge in [-0.05, 0) is 26.5 Å². The largest absolute Gasteiger partial charge is 1.00 e. The SMILES string of the molecule is COCCCN(C)C[B-](F)(F)F.[K+]. The monoisotopic (exact) mass is 223 g/mol. The molecule has 0 saturated heterocycles. The molecule has 0 aromatic heterocycles. The van der Waals surface area contributed by atoms with Crippen molar-refractivity contribution in [2.45, 2.75) is 6.42 Å². The van der Waals surface area contributed by atoms with Crippen molar-refractivity contribution in [3.8, 4) is 0 Å². The number of ether oxygens (including phenoxy) is 1. The quantitative estimate of drug-likeness (QED) is 0.395. The summed E-state index contributed by atoms with van der Waals surface area (Å²) in [5.41, 5.74) is 0. The molecule has 7 heteroatoms. The second-order valence-electron chi connectivity index (χ2n) is 2.82. The number of hydrogen-bond donors (Lipinski definition) is 0. The van der Waals surface area contributed by atoms with Crippen LogP contribution in [-0.2, 0) is 4.74 Å². The smallest absolute Gasteiger partial charge is 0.448 e. The minimum absolute atomic E-state index is 0. The summed E-state index contributed by atoms with van der Waals surface area (Å²) in [7, 11) is 3.00. The maximum Gasteiger partial charge on any atom is 1.00 e. The molecule has 0 unspecified atom stereocenters. The Kier molecular flexibility index (Phi) is 11.3. The molecule has 0 N–H and O–H groups in total. The van der Waals surface area contributed by atoms with Gasteiger partial charge in [-0.25, -0.2) is 0 Å². The fourth-order valence-electron chi connectivity index (χ4n) is 0.923. The molecule has 0 aliphatic heterocycles. The van der Waals surface area contributed by atoms with Gasteiger partial charge in [-0.15, -0.1) is 0 Å². The molecule has 0 spiro atoms. The van der Waals surface area contributed by atoms with E-state index in [1.165, 1.54) is 19.1 Å². The van der Waals surface area contributed by atoms with E-state index in [0.29, 0.717) is 19.6 Å². The molecule has 0 bridgehead atoms. The van der Waals surface area contributed by atoms with E-state index in [2.05, 4.69) is 0 Å². The summed E-state index contributed by atoms with van der Waals surface area (Å²) in [6, 6.07) is 0. The molecule has 0 amide bonds. The minimum Gasteiger partial charge on any atom is -0.448 e. The molecule has 0 aromatic rings. The molecular formula is C6H14BF3KNO. The van der Waals surface area contributed by atoms with Crippen molar-refractivity contribution in [3.05, 3.63) is 0 Å². The average Bonchev–Trinajstić information content (AvgIpc) is 1.84. The second-order valence-corrected chi connectivity index (χ2v) is 2.82. The third-order valence-corrected chi connectivity index (χ3v) is 1.41. The Morgan fingerprint density at radius 2 is 1.85 bits per heavy atom. The molecule has 0 aromatic carbocycles. The minimum atomic E-state index is -4.68. The summed E-state index contributed by atoms with van der Waals surface area (Å²) in [5, 5.41) is 0. The van der Waals surface area contributed by atoms with Crippen LogP contribution in [-0.4, -0.2) is 45.6 Å². The van der Waals surface area contributed by atoms with E-state index in [0.717, 1.165) is 0 Å². The Hall–Kier alpha value is 1.41. The van der Waals surface area contributed by atoms with Gasteiger partial charge in [0.1, 0.15) is 0 Å². The predicted molar refractivity (Wildman–Crippen MR) is 43.1 cm³/mol. The van der Waals surface area contributed by atoms with E-state index in [1.54, 1.807) is 0 Å². The van der Waals surface area contributed by atoms with Crippen molar-refractivity contribution in [2.75, 3.05) is 33.8 Å². The molecule has 74 valence electrons. The van der Waals surface area contributed by atoms with Gasteiger partial charge in [0.2, 0.25) is 0 Å². The molecule has 0 rings (SSSR count). The Bertz CT molecular complexity index is 125. The predicted octanol–water partition coefficient (Wildman–Crippen LogP) is -1.65. The van der Waals surface area contributed by atoms with Crippen molar-refractivity contribution in [3.63, 3.8) is 0 Å². The van der Waals surface area contributed by atoms with Gasteiger partial charge in [-0.2, -0.15) is 0 Å². The van der Waals surface area contributed by atoms with E-state index < -0.39 is 13.4 Å². The maximum absolute atomic E-state index is 11.8. The number of methoxy groups -OCH3 is 1. The fraction of sp³-hybridized carbons (Fsp3) is 1.00. The van der Waals surface area contributed by atoms with Crippen molar-refractivity contribution >= 4 is 6.98 Å². The molecule has 0 fully saturated rings. The van der Waals surface area contributed by atoms with Crippen LogP contribution in [0.2, 0.25) is 0 Å². The summed E-state index contributed by atoms with van der Waals surface area (Å²) in [4.78, 5) is 1.26. The summed E-state index contributed by atoms with van der Waals surface area (Å²) < 4.78 is 40.1. The van der Waals surface area contributed by atoms with Gasteiger partial charge >= 0.3 is 58.4 Å². The molecule has 0 aliphatic carbocycles. The second kappa shape index (κ2) is 8.70. The van der Waals surface area contributed by atoms with Crippen LogP contribution in [0.1, 0.15) is 6.42 Å². The number of rotatable bonds is 6. The zero-order valence-corrected chi connectivity index (χ0v) is 11.5.